The van der Waals surface area contributed by atoms with Crippen molar-refractivity contribution < 1.29 is 0 Å². The smallest absolute Gasteiger partial charge is 0.0107 e. The molecule has 3 rings (SSSR count). The van der Waals surface area contributed by atoms with Gasteiger partial charge in [0, 0.05) is 10.6 Å². The van der Waals surface area contributed by atoms with Crippen LogP contribution in [0, 0.1) is 17.8 Å². The van der Waals surface area contributed by atoms with Gasteiger partial charge >= 0.3 is 0 Å². The Hall–Kier alpha value is -0.470. The first-order valence-corrected chi connectivity index (χ1v) is 9.66. The Labute approximate surface area is 134 Å². The summed E-state index contributed by atoms with van der Waals surface area (Å²) in [5.74, 6) is 4.90. The Morgan fingerprint density at radius 2 is 2.05 bits per heavy atom. The average Bonchev–Trinajstić information content (AvgIpc) is 2.92. The molecule has 0 spiro atoms. The van der Waals surface area contributed by atoms with Gasteiger partial charge < -0.3 is 5.32 Å². The molecule has 1 aliphatic carbocycles. The summed E-state index contributed by atoms with van der Waals surface area (Å²) in [6, 6.07) is 9.08. The Bertz CT molecular complexity index is 459. The molecule has 2 heteroatoms. The molecule has 0 bridgehead atoms. The predicted molar refractivity (Wildman–Crippen MR) is 93.1 cm³/mol. The van der Waals surface area contributed by atoms with E-state index in [-0.39, 0.29) is 0 Å². The summed E-state index contributed by atoms with van der Waals surface area (Å²) in [5, 5.41) is 3.44. The lowest BCUT2D eigenvalue weighted by Crippen LogP contribution is -2.32. The first kappa shape index (κ1) is 15.4. The normalized spacial score (nSPS) is 32.1. The van der Waals surface area contributed by atoms with Crippen molar-refractivity contribution in [2.45, 2.75) is 49.8 Å². The van der Waals surface area contributed by atoms with Crippen LogP contribution in [0.4, 0.5) is 0 Å². The fraction of sp³-hybridized carbons (Fsp3) is 0.684. The van der Waals surface area contributed by atoms with Gasteiger partial charge in [0.2, 0.25) is 0 Å². The van der Waals surface area contributed by atoms with E-state index >= 15 is 0 Å². The van der Waals surface area contributed by atoms with E-state index in [2.05, 4.69) is 55.3 Å². The van der Waals surface area contributed by atoms with Crippen molar-refractivity contribution in [3.63, 3.8) is 0 Å². The summed E-state index contributed by atoms with van der Waals surface area (Å²) >= 11 is 2.07. The van der Waals surface area contributed by atoms with Crippen molar-refractivity contribution in [1.29, 1.82) is 0 Å². The summed E-state index contributed by atoms with van der Waals surface area (Å²) in [6.45, 7) is 3.59. The van der Waals surface area contributed by atoms with Crippen molar-refractivity contribution in [2.24, 2.45) is 17.8 Å². The molecule has 1 aliphatic heterocycles. The fourth-order valence-electron chi connectivity index (χ4n) is 4.40. The second kappa shape index (κ2) is 7.19. The van der Waals surface area contributed by atoms with Gasteiger partial charge in [-0.1, -0.05) is 38.0 Å². The summed E-state index contributed by atoms with van der Waals surface area (Å²) in [5.41, 5.74) is 1.63. The van der Waals surface area contributed by atoms with Crippen LogP contribution in [0.5, 0.6) is 0 Å². The first-order chi connectivity index (χ1) is 10.3. The Kier molecular flexibility index (Phi) is 5.29. The molecule has 1 nitrogen and oxygen atoms in total. The third-order valence-corrected chi connectivity index (χ3v) is 6.93. The quantitative estimate of drug-likeness (QED) is 0.828. The number of thioether (sulfide) groups is 1. The maximum Gasteiger partial charge on any atom is 0.0107 e. The highest BCUT2D eigenvalue weighted by Gasteiger charge is 2.33. The average molecular weight is 304 g/mol. The standard InChI is InChI=1S/C19H29NS/c1-3-14-8-9-15(12-20-2)16(10-14)11-17-13-21-19-7-5-4-6-18(17)19/h4-7,14-17,20H,3,8-13H2,1-2H3. The second-order valence-electron chi connectivity index (χ2n) is 6.95. The lowest BCUT2D eigenvalue weighted by molar-refractivity contribution is 0.159. The topological polar surface area (TPSA) is 12.0 Å². The fourth-order valence-corrected chi connectivity index (χ4v) is 5.68. The van der Waals surface area contributed by atoms with Crippen LogP contribution in [0.25, 0.3) is 0 Å². The highest BCUT2D eigenvalue weighted by Crippen LogP contribution is 2.46. The summed E-state index contributed by atoms with van der Waals surface area (Å²) < 4.78 is 0. The van der Waals surface area contributed by atoms with Gasteiger partial charge in [-0.2, -0.15) is 0 Å². The van der Waals surface area contributed by atoms with E-state index in [1.54, 1.807) is 5.56 Å². The molecular formula is C19H29NS. The number of benzene rings is 1. The second-order valence-corrected chi connectivity index (χ2v) is 8.01. The predicted octanol–water partition coefficient (Wildman–Crippen LogP) is 4.93. The SMILES string of the molecule is CCC1CCC(CNC)C(CC2CSc3ccccc32)C1. The Morgan fingerprint density at radius 3 is 2.86 bits per heavy atom. The molecule has 4 atom stereocenters. The highest BCUT2D eigenvalue weighted by molar-refractivity contribution is 7.99. The molecule has 1 heterocycles. The van der Waals surface area contributed by atoms with Gasteiger partial charge in [-0.25, -0.2) is 0 Å². The zero-order valence-corrected chi connectivity index (χ0v) is 14.3. The maximum atomic E-state index is 3.44. The van der Waals surface area contributed by atoms with Crippen LogP contribution in [-0.2, 0) is 0 Å². The molecule has 2 aliphatic rings. The van der Waals surface area contributed by atoms with Crippen molar-refractivity contribution in [3.05, 3.63) is 29.8 Å². The van der Waals surface area contributed by atoms with E-state index in [9.17, 15) is 0 Å². The molecule has 0 saturated heterocycles. The van der Waals surface area contributed by atoms with Gasteiger partial charge in [0.1, 0.15) is 0 Å². The van der Waals surface area contributed by atoms with E-state index in [0.29, 0.717) is 0 Å². The minimum atomic E-state index is 0.797. The number of nitrogens with one attached hydrogen (secondary N) is 1. The van der Waals surface area contributed by atoms with Gasteiger partial charge in [-0.15, -0.1) is 11.8 Å². The lowest BCUT2D eigenvalue weighted by atomic mass is 9.69. The summed E-state index contributed by atoms with van der Waals surface area (Å²) in [6.07, 6.45) is 7.14. The molecule has 0 radical (unpaired) electrons. The van der Waals surface area contributed by atoms with E-state index in [0.717, 1.165) is 23.7 Å². The highest BCUT2D eigenvalue weighted by atomic mass is 32.2. The zero-order chi connectivity index (χ0) is 14.7. The minimum absolute atomic E-state index is 0.797. The van der Waals surface area contributed by atoms with E-state index < -0.39 is 0 Å². The molecule has 0 amide bonds. The van der Waals surface area contributed by atoms with Crippen LogP contribution in [0.1, 0.15) is 50.5 Å². The minimum Gasteiger partial charge on any atom is -0.319 e. The number of rotatable bonds is 5. The van der Waals surface area contributed by atoms with Gasteiger partial charge in [-0.3, -0.25) is 0 Å². The maximum absolute atomic E-state index is 3.44. The Morgan fingerprint density at radius 1 is 1.19 bits per heavy atom. The molecule has 116 valence electrons. The number of hydrogen-bond donors (Lipinski definition) is 1. The lowest BCUT2D eigenvalue weighted by Gasteiger charge is -2.37. The van der Waals surface area contributed by atoms with E-state index in [1.165, 1.54) is 49.3 Å². The van der Waals surface area contributed by atoms with Crippen LogP contribution in [0.2, 0.25) is 0 Å². The van der Waals surface area contributed by atoms with E-state index in [1.807, 2.05) is 0 Å². The van der Waals surface area contributed by atoms with Gasteiger partial charge in [-0.05, 0) is 68.2 Å². The Balaban J connectivity index is 1.69. The third-order valence-electron chi connectivity index (χ3n) is 5.68. The molecule has 1 saturated carbocycles. The van der Waals surface area contributed by atoms with Crippen molar-refractivity contribution in [1.82, 2.24) is 5.32 Å². The molecule has 1 fully saturated rings. The number of hydrogen-bond acceptors (Lipinski definition) is 2. The monoisotopic (exact) mass is 303 g/mol. The van der Waals surface area contributed by atoms with Crippen LogP contribution < -0.4 is 5.32 Å². The molecule has 21 heavy (non-hydrogen) atoms. The zero-order valence-electron chi connectivity index (χ0n) is 13.5. The molecular weight excluding hydrogens is 274 g/mol. The molecule has 4 unspecified atom stereocenters. The van der Waals surface area contributed by atoms with Crippen molar-refractivity contribution >= 4 is 11.8 Å². The molecule has 0 aromatic heterocycles. The molecule has 1 aromatic carbocycles. The van der Waals surface area contributed by atoms with Gasteiger partial charge in [0.25, 0.3) is 0 Å². The van der Waals surface area contributed by atoms with Crippen LogP contribution in [0.15, 0.2) is 29.2 Å². The molecule has 1 aromatic rings. The van der Waals surface area contributed by atoms with Crippen LogP contribution in [0.3, 0.4) is 0 Å². The van der Waals surface area contributed by atoms with Crippen molar-refractivity contribution in [2.75, 3.05) is 19.3 Å². The number of fused-ring (bicyclic) bond motifs is 1. The van der Waals surface area contributed by atoms with Gasteiger partial charge in [0.05, 0.1) is 0 Å². The third kappa shape index (κ3) is 3.48. The van der Waals surface area contributed by atoms with E-state index in [4.69, 9.17) is 0 Å². The van der Waals surface area contributed by atoms with Crippen molar-refractivity contribution in [3.8, 4) is 0 Å². The van der Waals surface area contributed by atoms with Crippen LogP contribution >= 0.6 is 11.8 Å². The van der Waals surface area contributed by atoms with Crippen LogP contribution in [-0.4, -0.2) is 19.3 Å². The van der Waals surface area contributed by atoms with Gasteiger partial charge in [0.15, 0.2) is 0 Å². The molecule has 1 N–H and O–H groups in total. The largest absolute Gasteiger partial charge is 0.319 e. The first-order valence-electron chi connectivity index (χ1n) is 8.68. The summed E-state index contributed by atoms with van der Waals surface area (Å²) in [7, 11) is 2.11. The summed E-state index contributed by atoms with van der Waals surface area (Å²) in [4.78, 5) is 1.54.